The Morgan fingerprint density at radius 3 is 2.50 bits per heavy atom. The minimum absolute atomic E-state index is 0.000417. The topological polar surface area (TPSA) is 37.3 Å². The van der Waals surface area contributed by atoms with Crippen molar-refractivity contribution in [3.8, 4) is 0 Å². The number of rotatable bonds is 2. The second kappa shape index (κ2) is 3.50. The molecule has 3 heteroatoms. The van der Waals surface area contributed by atoms with Gasteiger partial charge in [-0.2, -0.15) is 0 Å². The third-order valence-corrected chi connectivity index (χ3v) is 0.781. The molecular weight excluding hydrogens is 128 g/mol. The van der Waals surface area contributed by atoms with Crippen molar-refractivity contribution in [1.82, 2.24) is 0 Å². The molecule has 0 unspecified atom stereocenters. The zero-order valence-corrected chi connectivity index (χ0v) is 5.27. The lowest BCUT2D eigenvalue weighted by molar-refractivity contribution is -0.112. The van der Waals surface area contributed by atoms with Crippen LogP contribution in [0.1, 0.15) is 6.92 Å². The summed E-state index contributed by atoms with van der Waals surface area (Å²) in [4.78, 5) is 10.1. The molecule has 0 saturated carbocycles. The number of allylic oxidation sites excluding steroid dienone is 2. The molecule has 1 N–H and O–H groups in total. The number of carbonyl (C=O) groups is 1. The zero-order chi connectivity index (χ0) is 6.57. The number of aliphatic hydroxyl groups is 1. The van der Waals surface area contributed by atoms with E-state index in [1.54, 1.807) is 0 Å². The van der Waals surface area contributed by atoms with Crippen LogP contribution in [0.3, 0.4) is 0 Å². The molecule has 0 spiro atoms. The quantitative estimate of drug-likeness (QED) is 0.351. The fraction of sp³-hybridized carbons (Fsp3) is 0.400. The molecule has 0 bridgehead atoms. The van der Waals surface area contributed by atoms with E-state index in [0.717, 1.165) is 6.08 Å². The second-order valence-electron chi connectivity index (χ2n) is 1.38. The summed E-state index contributed by atoms with van der Waals surface area (Å²) in [7, 11) is 0. The minimum atomic E-state index is -0.192. The highest BCUT2D eigenvalue weighted by atomic mass is 35.5. The molecule has 0 aliphatic heterocycles. The van der Waals surface area contributed by atoms with E-state index in [1.807, 2.05) is 0 Å². The summed E-state index contributed by atoms with van der Waals surface area (Å²) in [5.41, 5.74) is 0. The van der Waals surface area contributed by atoms with E-state index in [0.29, 0.717) is 0 Å². The van der Waals surface area contributed by atoms with Crippen LogP contribution in [0.25, 0.3) is 0 Å². The van der Waals surface area contributed by atoms with Gasteiger partial charge in [-0.3, -0.25) is 4.79 Å². The van der Waals surface area contributed by atoms with Crippen LogP contribution in [0.5, 0.6) is 0 Å². The predicted molar refractivity (Wildman–Crippen MR) is 32.1 cm³/mol. The lowest BCUT2D eigenvalue weighted by atomic mass is 10.4. The third kappa shape index (κ3) is 3.68. The van der Waals surface area contributed by atoms with E-state index in [4.69, 9.17) is 16.7 Å². The third-order valence-electron chi connectivity index (χ3n) is 0.507. The van der Waals surface area contributed by atoms with Crippen molar-refractivity contribution in [2.75, 3.05) is 5.88 Å². The molecule has 0 fully saturated rings. The molecule has 0 saturated heterocycles. The summed E-state index contributed by atoms with van der Waals surface area (Å²) in [6.45, 7) is 1.35. The van der Waals surface area contributed by atoms with Crippen LogP contribution in [0.2, 0.25) is 0 Å². The fourth-order valence-corrected chi connectivity index (χ4v) is 0.350. The van der Waals surface area contributed by atoms with E-state index in [2.05, 4.69) is 0 Å². The number of alkyl halides is 1. The monoisotopic (exact) mass is 134 g/mol. The average Bonchev–Trinajstić information content (AvgIpc) is 1.65. The van der Waals surface area contributed by atoms with Gasteiger partial charge in [-0.05, 0) is 6.92 Å². The Bertz CT molecular complexity index is 118. The molecule has 46 valence electrons. The van der Waals surface area contributed by atoms with E-state index < -0.39 is 0 Å². The molecule has 0 atom stereocenters. The maximum absolute atomic E-state index is 10.1. The van der Waals surface area contributed by atoms with Crippen LogP contribution < -0.4 is 0 Å². The minimum Gasteiger partial charge on any atom is -0.511 e. The highest BCUT2D eigenvalue weighted by Gasteiger charge is 1.89. The van der Waals surface area contributed by atoms with Crippen LogP contribution in [-0.2, 0) is 4.79 Å². The van der Waals surface area contributed by atoms with Gasteiger partial charge in [0.15, 0.2) is 5.78 Å². The Balaban J connectivity index is 3.75. The van der Waals surface area contributed by atoms with Crippen molar-refractivity contribution in [2.45, 2.75) is 6.92 Å². The Hall–Kier alpha value is -0.500. The van der Waals surface area contributed by atoms with Gasteiger partial charge in [-0.1, -0.05) is 0 Å². The highest BCUT2D eigenvalue weighted by Crippen LogP contribution is 1.90. The standard InChI is InChI=1S/C5H7ClO2/c1-4(7)2-5(8)3-6/h2,8H,3H2,1H3/b5-2-. The van der Waals surface area contributed by atoms with Crippen LogP contribution in [0, 0.1) is 0 Å². The van der Waals surface area contributed by atoms with Crippen molar-refractivity contribution in [3.05, 3.63) is 11.8 Å². The van der Waals surface area contributed by atoms with Gasteiger partial charge in [0.1, 0.15) is 5.76 Å². The molecule has 0 aliphatic rings. The average molecular weight is 135 g/mol. The number of halogens is 1. The molecule has 2 nitrogen and oxygen atoms in total. The maximum atomic E-state index is 10.1. The summed E-state index contributed by atoms with van der Waals surface area (Å²) >= 11 is 5.13. The molecule has 0 radical (unpaired) electrons. The molecule has 0 amide bonds. The van der Waals surface area contributed by atoms with Gasteiger partial charge in [0.2, 0.25) is 0 Å². The molecule has 0 rings (SSSR count). The van der Waals surface area contributed by atoms with Gasteiger partial charge in [0.25, 0.3) is 0 Å². The first-order valence-corrected chi connectivity index (χ1v) is 2.66. The van der Waals surface area contributed by atoms with Gasteiger partial charge < -0.3 is 5.11 Å². The van der Waals surface area contributed by atoms with Gasteiger partial charge in [0, 0.05) is 6.08 Å². The molecule has 0 aromatic carbocycles. The Labute approximate surface area is 52.8 Å². The lowest BCUT2D eigenvalue weighted by Crippen LogP contribution is -1.88. The molecule has 0 aromatic heterocycles. The van der Waals surface area contributed by atoms with Crippen LogP contribution in [0.15, 0.2) is 11.8 Å². The van der Waals surface area contributed by atoms with Crippen molar-refractivity contribution in [1.29, 1.82) is 0 Å². The SMILES string of the molecule is CC(=O)/C=C(\O)CCl. The van der Waals surface area contributed by atoms with Crippen molar-refractivity contribution >= 4 is 17.4 Å². The Kier molecular flexibility index (Phi) is 3.28. The van der Waals surface area contributed by atoms with Gasteiger partial charge in [-0.15, -0.1) is 11.6 Å². The number of ketones is 1. The maximum Gasteiger partial charge on any atom is 0.155 e. The Morgan fingerprint density at radius 2 is 2.38 bits per heavy atom. The summed E-state index contributed by atoms with van der Waals surface area (Å²) in [5, 5.41) is 8.54. The first kappa shape index (κ1) is 7.50. The number of hydrogen-bond donors (Lipinski definition) is 1. The van der Waals surface area contributed by atoms with E-state index >= 15 is 0 Å². The smallest absolute Gasteiger partial charge is 0.155 e. The first-order valence-electron chi connectivity index (χ1n) is 2.13. The summed E-state index contributed by atoms with van der Waals surface area (Å²) in [5.74, 6) is -0.276. The lowest BCUT2D eigenvalue weighted by Gasteiger charge is -1.86. The Morgan fingerprint density at radius 1 is 1.88 bits per heavy atom. The van der Waals surface area contributed by atoms with Crippen LogP contribution in [0.4, 0.5) is 0 Å². The second-order valence-corrected chi connectivity index (χ2v) is 1.65. The number of carbonyl (C=O) groups excluding carboxylic acids is 1. The normalized spacial score (nSPS) is 11.5. The molecule has 0 aliphatic carbocycles. The van der Waals surface area contributed by atoms with Gasteiger partial charge >= 0.3 is 0 Å². The first-order chi connectivity index (χ1) is 3.66. The summed E-state index contributed by atoms with van der Waals surface area (Å²) in [6.07, 6.45) is 1.09. The largest absolute Gasteiger partial charge is 0.511 e. The predicted octanol–water partition coefficient (Wildman–Crippen LogP) is 1.26. The van der Waals surface area contributed by atoms with E-state index in [1.165, 1.54) is 6.92 Å². The number of aliphatic hydroxyl groups excluding tert-OH is 1. The van der Waals surface area contributed by atoms with Crippen LogP contribution >= 0.6 is 11.6 Å². The molecule has 8 heavy (non-hydrogen) atoms. The zero-order valence-electron chi connectivity index (χ0n) is 4.52. The van der Waals surface area contributed by atoms with Crippen molar-refractivity contribution < 1.29 is 9.90 Å². The van der Waals surface area contributed by atoms with Gasteiger partial charge in [-0.25, -0.2) is 0 Å². The van der Waals surface area contributed by atoms with E-state index in [-0.39, 0.29) is 17.4 Å². The van der Waals surface area contributed by atoms with Crippen molar-refractivity contribution in [2.24, 2.45) is 0 Å². The molecule has 0 aromatic rings. The summed E-state index contributed by atoms with van der Waals surface area (Å²) < 4.78 is 0. The number of hydrogen-bond acceptors (Lipinski definition) is 2. The van der Waals surface area contributed by atoms with Crippen LogP contribution in [-0.4, -0.2) is 16.8 Å². The van der Waals surface area contributed by atoms with Gasteiger partial charge in [0.05, 0.1) is 5.88 Å². The molecular formula is C5H7ClO2. The summed E-state index contributed by atoms with van der Waals surface area (Å²) in [6, 6.07) is 0. The van der Waals surface area contributed by atoms with Crippen molar-refractivity contribution in [3.63, 3.8) is 0 Å². The van der Waals surface area contributed by atoms with E-state index in [9.17, 15) is 4.79 Å². The fourth-order valence-electron chi connectivity index (χ4n) is 0.273. The highest BCUT2D eigenvalue weighted by molar-refractivity contribution is 6.19. The molecule has 0 heterocycles.